The van der Waals surface area contributed by atoms with Crippen LogP contribution in [-0.4, -0.2) is 29.9 Å². The van der Waals surface area contributed by atoms with Crippen molar-refractivity contribution in [3.8, 4) is 0 Å². The molecule has 1 amide bonds. The third kappa shape index (κ3) is 4.94. The Hall–Kier alpha value is -1.39. The number of carbonyl (C=O) groups is 1. The normalized spacial score (nSPS) is 12.4. The number of nitrogens with two attached hydrogens (primary N) is 1. The molecule has 1 rings (SSSR count). The van der Waals surface area contributed by atoms with Gasteiger partial charge in [-0.25, -0.2) is 0 Å². The third-order valence-electron chi connectivity index (χ3n) is 3.38. The fourth-order valence-corrected chi connectivity index (χ4v) is 2.26. The van der Waals surface area contributed by atoms with Gasteiger partial charge in [0, 0.05) is 12.2 Å². The maximum absolute atomic E-state index is 12.3. The molecular weight excluding hydrogens is 250 g/mol. The number of rotatable bonds is 8. The zero-order valence-electron chi connectivity index (χ0n) is 12.9. The van der Waals surface area contributed by atoms with Crippen LogP contribution in [0.4, 0.5) is 5.69 Å². The van der Waals surface area contributed by atoms with Gasteiger partial charge in [0.2, 0.25) is 5.91 Å². The van der Waals surface area contributed by atoms with Crippen LogP contribution >= 0.6 is 0 Å². The standard InChI is InChI=1S/C16H27N3O/c1-4-9-19(10-5-2)13(3)16(20)18-15-8-6-7-14(11-15)12-17/h6-8,11,13H,4-5,9-10,12,17H2,1-3H3,(H,18,20). The molecule has 0 saturated carbocycles. The first-order valence-corrected chi connectivity index (χ1v) is 7.46. The average Bonchev–Trinajstić information content (AvgIpc) is 2.46. The summed E-state index contributed by atoms with van der Waals surface area (Å²) in [5.74, 6) is 0.0427. The zero-order valence-corrected chi connectivity index (χ0v) is 12.9. The molecule has 0 aliphatic rings. The topological polar surface area (TPSA) is 58.4 Å². The number of hydrogen-bond acceptors (Lipinski definition) is 3. The highest BCUT2D eigenvalue weighted by molar-refractivity contribution is 5.94. The maximum Gasteiger partial charge on any atom is 0.241 e. The predicted molar refractivity (Wildman–Crippen MR) is 84.6 cm³/mol. The molecule has 0 saturated heterocycles. The molecule has 0 fully saturated rings. The van der Waals surface area contributed by atoms with Gasteiger partial charge in [0.15, 0.2) is 0 Å². The number of benzene rings is 1. The van der Waals surface area contributed by atoms with Crippen molar-refractivity contribution in [3.05, 3.63) is 29.8 Å². The van der Waals surface area contributed by atoms with E-state index >= 15 is 0 Å². The van der Waals surface area contributed by atoms with Crippen molar-refractivity contribution in [3.63, 3.8) is 0 Å². The molecule has 4 nitrogen and oxygen atoms in total. The van der Waals surface area contributed by atoms with Gasteiger partial charge in [0.1, 0.15) is 0 Å². The van der Waals surface area contributed by atoms with Crippen LogP contribution in [0.15, 0.2) is 24.3 Å². The Bertz CT molecular complexity index is 414. The molecule has 0 heterocycles. The lowest BCUT2D eigenvalue weighted by atomic mass is 10.2. The van der Waals surface area contributed by atoms with E-state index in [0.29, 0.717) is 6.54 Å². The lowest BCUT2D eigenvalue weighted by molar-refractivity contribution is -0.120. The number of hydrogen-bond donors (Lipinski definition) is 2. The minimum absolute atomic E-state index is 0.0427. The van der Waals surface area contributed by atoms with Crippen molar-refractivity contribution in [2.45, 2.75) is 46.2 Å². The van der Waals surface area contributed by atoms with Gasteiger partial charge in [0.05, 0.1) is 6.04 Å². The van der Waals surface area contributed by atoms with Crippen molar-refractivity contribution in [2.75, 3.05) is 18.4 Å². The van der Waals surface area contributed by atoms with Crippen LogP contribution < -0.4 is 11.1 Å². The quantitative estimate of drug-likeness (QED) is 0.768. The number of nitrogens with one attached hydrogen (secondary N) is 1. The fraction of sp³-hybridized carbons (Fsp3) is 0.562. The molecule has 0 spiro atoms. The highest BCUT2D eigenvalue weighted by Crippen LogP contribution is 2.12. The fourth-order valence-electron chi connectivity index (χ4n) is 2.26. The van der Waals surface area contributed by atoms with Crippen LogP contribution in [0.5, 0.6) is 0 Å². The first kappa shape index (κ1) is 16.7. The van der Waals surface area contributed by atoms with Gasteiger partial charge in [0.25, 0.3) is 0 Å². The number of amides is 1. The molecule has 1 aromatic rings. The van der Waals surface area contributed by atoms with Crippen molar-refractivity contribution in [1.82, 2.24) is 4.90 Å². The first-order valence-electron chi connectivity index (χ1n) is 7.46. The predicted octanol–water partition coefficient (Wildman–Crippen LogP) is 2.59. The molecule has 1 aromatic carbocycles. The van der Waals surface area contributed by atoms with Crippen LogP contribution in [-0.2, 0) is 11.3 Å². The summed E-state index contributed by atoms with van der Waals surface area (Å²) in [5.41, 5.74) is 7.46. The number of carbonyl (C=O) groups excluding carboxylic acids is 1. The molecule has 0 radical (unpaired) electrons. The molecule has 20 heavy (non-hydrogen) atoms. The molecular formula is C16H27N3O. The van der Waals surface area contributed by atoms with Crippen molar-refractivity contribution in [2.24, 2.45) is 5.73 Å². The van der Waals surface area contributed by atoms with Gasteiger partial charge in [-0.15, -0.1) is 0 Å². The van der Waals surface area contributed by atoms with E-state index < -0.39 is 0 Å². The largest absolute Gasteiger partial charge is 0.326 e. The summed E-state index contributed by atoms with van der Waals surface area (Å²) >= 11 is 0. The van der Waals surface area contributed by atoms with Crippen LogP contribution in [0, 0.1) is 0 Å². The van der Waals surface area contributed by atoms with Crippen LogP contribution in [0.3, 0.4) is 0 Å². The van der Waals surface area contributed by atoms with E-state index in [2.05, 4.69) is 24.1 Å². The minimum Gasteiger partial charge on any atom is -0.326 e. The Morgan fingerprint density at radius 1 is 1.30 bits per heavy atom. The second-order valence-corrected chi connectivity index (χ2v) is 5.11. The molecule has 0 bridgehead atoms. The molecule has 0 aliphatic carbocycles. The minimum atomic E-state index is -0.114. The third-order valence-corrected chi connectivity index (χ3v) is 3.38. The average molecular weight is 277 g/mol. The van der Waals surface area contributed by atoms with E-state index in [0.717, 1.165) is 37.2 Å². The summed E-state index contributed by atoms with van der Waals surface area (Å²) in [7, 11) is 0. The lowest BCUT2D eigenvalue weighted by Crippen LogP contribution is -2.42. The SMILES string of the molecule is CCCN(CCC)C(C)C(=O)Nc1cccc(CN)c1. The molecule has 1 unspecified atom stereocenters. The van der Waals surface area contributed by atoms with E-state index in [9.17, 15) is 4.79 Å². The van der Waals surface area contributed by atoms with Crippen molar-refractivity contribution in [1.29, 1.82) is 0 Å². The molecule has 0 aliphatic heterocycles. The number of nitrogens with zero attached hydrogens (tertiary/aromatic N) is 1. The summed E-state index contributed by atoms with van der Waals surface area (Å²) in [6.45, 7) is 8.62. The Balaban J connectivity index is 2.67. The highest BCUT2D eigenvalue weighted by atomic mass is 16.2. The van der Waals surface area contributed by atoms with Crippen LogP contribution in [0.1, 0.15) is 39.2 Å². The summed E-state index contributed by atoms with van der Waals surface area (Å²) in [6.07, 6.45) is 2.11. The molecule has 112 valence electrons. The van der Waals surface area contributed by atoms with Gasteiger partial charge in [-0.05, 0) is 50.6 Å². The van der Waals surface area contributed by atoms with Crippen molar-refractivity contribution >= 4 is 11.6 Å². The number of anilines is 1. The lowest BCUT2D eigenvalue weighted by Gasteiger charge is -2.27. The smallest absolute Gasteiger partial charge is 0.241 e. The molecule has 1 atom stereocenters. The van der Waals surface area contributed by atoms with Crippen LogP contribution in [0.25, 0.3) is 0 Å². The molecule has 4 heteroatoms. The van der Waals surface area contributed by atoms with E-state index in [-0.39, 0.29) is 11.9 Å². The summed E-state index contributed by atoms with van der Waals surface area (Å²) in [4.78, 5) is 14.5. The van der Waals surface area contributed by atoms with Gasteiger partial charge in [-0.1, -0.05) is 26.0 Å². The summed E-state index contributed by atoms with van der Waals surface area (Å²) in [6, 6.07) is 7.58. The summed E-state index contributed by atoms with van der Waals surface area (Å²) in [5, 5.41) is 2.98. The molecule has 3 N–H and O–H groups in total. The Kier molecular flexibility index (Phi) is 7.26. The Morgan fingerprint density at radius 3 is 2.50 bits per heavy atom. The van der Waals surface area contributed by atoms with Gasteiger partial charge >= 0.3 is 0 Å². The first-order chi connectivity index (χ1) is 9.62. The van der Waals surface area contributed by atoms with Crippen LogP contribution in [0.2, 0.25) is 0 Å². The van der Waals surface area contributed by atoms with Gasteiger partial charge in [-0.3, -0.25) is 9.69 Å². The summed E-state index contributed by atoms with van der Waals surface area (Å²) < 4.78 is 0. The van der Waals surface area contributed by atoms with E-state index in [1.807, 2.05) is 31.2 Å². The van der Waals surface area contributed by atoms with E-state index in [1.165, 1.54) is 0 Å². The Labute approximate surface area is 122 Å². The van der Waals surface area contributed by atoms with E-state index in [4.69, 9.17) is 5.73 Å². The maximum atomic E-state index is 12.3. The highest BCUT2D eigenvalue weighted by Gasteiger charge is 2.19. The second-order valence-electron chi connectivity index (χ2n) is 5.11. The van der Waals surface area contributed by atoms with Crippen molar-refractivity contribution < 1.29 is 4.79 Å². The Morgan fingerprint density at radius 2 is 1.95 bits per heavy atom. The second kappa shape index (κ2) is 8.72. The van der Waals surface area contributed by atoms with Gasteiger partial charge < -0.3 is 11.1 Å². The van der Waals surface area contributed by atoms with Gasteiger partial charge in [-0.2, -0.15) is 0 Å². The molecule has 0 aromatic heterocycles. The zero-order chi connectivity index (χ0) is 15.0. The van der Waals surface area contributed by atoms with E-state index in [1.54, 1.807) is 0 Å². The monoisotopic (exact) mass is 277 g/mol.